The summed E-state index contributed by atoms with van der Waals surface area (Å²) < 4.78 is 43.2. The van der Waals surface area contributed by atoms with Crippen molar-refractivity contribution in [3.63, 3.8) is 0 Å². The lowest BCUT2D eigenvalue weighted by atomic mass is 10.2. The fourth-order valence-corrected chi connectivity index (χ4v) is 4.28. The smallest absolute Gasteiger partial charge is 0.265 e. The maximum absolute atomic E-state index is 14.4. The van der Waals surface area contributed by atoms with Gasteiger partial charge in [-0.3, -0.25) is 14.1 Å². The molecule has 6 nitrogen and oxygen atoms in total. The summed E-state index contributed by atoms with van der Waals surface area (Å²) in [5.41, 5.74) is 0.200. The zero-order chi connectivity index (χ0) is 21.5. The molecule has 0 atom stereocenters. The summed E-state index contributed by atoms with van der Waals surface area (Å²) in [5.74, 6) is -0.396. The molecule has 4 aromatic rings. The molecule has 152 valence electrons. The first-order valence-corrected chi connectivity index (χ1v) is 10.7. The quantitative estimate of drug-likeness (QED) is 0.510. The summed E-state index contributed by atoms with van der Waals surface area (Å²) in [4.78, 5) is 17.3. The Hall–Kier alpha value is -3.23. The second kappa shape index (κ2) is 7.55. The highest BCUT2D eigenvalue weighted by Crippen LogP contribution is 2.24. The van der Waals surface area contributed by atoms with Gasteiger partial charge in [-0.2, -0.15) is 0 Å². The Bertz CT molecular complexity index is 1430. The van der Waals surface area contributed by atoms with Crippen molar-refractivity contribution in [2.45, 2.75) is 11.8 Å². The minimum Gasteiger partial charge on any atom is -0.277 e. The first-order chi connectivity index (χ1) is 14.3. The van der Waals surface area contributed by atoms with Gasteiger partial charge >= 0.3 is 0 Å². The van der Waals surface area contributed by atoms with E-state index in [9.17, 15) is 17.6 Å². The molecule has 1 N–H and O–H groups in total. The third kappa shape index (κ3) is 3.67. The van der Waals surface area contributed by atoms with E-state index in [4.69, 9.17) is 11.6 Å². The number of fused-ring (bicyclic) bond motifs is 1. The molecule has 0 bridgehead atoms. The van der Waals surface area contributed by atoms with E-state index in [1.165, 1.54) is 41.0 Å². The molecule has 0 saturated heterocycles. The van der Waals surface area contributed by atoms with E-state index < -0.39 is 15.8 Å². The third-order valence-electron chi connectivity index (χ3n) is 4.52. The van der Waals surface area contributed by atoms with Crippen molar-refractivity contribution >= 4 is 38.2 Å². The van der Waals surface area contributed by atoms with Crippen molar-refractivity contribution in [1.29, 1.82) is 0 Å². The van der Waals surface area contributed by atoms with Gasteiger partial charge in [0, 0.05) is 5.02 Å². The Kier molecular flexibility index (Phi) is 5.05. The number of sulfonamides is 1. The number of hydrogen-bond donors (Lipinski definition) is 1. The van der Waals surface area contributed by atoms with Gasteiger partial charge in [0.05, 0.1) is 27.2 Å². The van der Waals surface area contributed by atoms with Crippen molar-refractivity contribution < 1.29 is 12.8 Å². The van der Waals surface area contributed by atoms with Crippen LogP contribution >= 0.6 is 11.6 Å². The molecule has 0 aliphatic rings. The van der Waals surface area contributed by atoms with E-state index in [2.05, 4.69) is 9.71 Å². The SMILES string of the molecule is Cc1nc2ccccc2c(=O)n1-c1ccc(F)c(NS(=O)(=O)c2ccc(Cl)cc2)c1. The number of hydrogen-bond acceptors (Lipinski definition) is 4. The topological polar surface area (TPSA) is 81.1 Å². The van der Waals surface area contributed by atoms with Gasteiger partial charge in [-0.25, -0.2) is 17.8 Å². The first-order valence-electron chi connectivity index (χ1n) is 8.83. The van der Waals surface area contributed by atoms with Gasteiger partial charge in [-0.15, -0.1) is 0 Å². The van der Waals surface area contributed by atoms with Crippen LogP contribution in [-0.2, 0) is 10.0 Å². The summed E-state index contributed by atoms with van der Waals surface area (Å²) >= 11 is 5.79. The second-order valence-corrected chi connectivity index (χ2v) is 8.66. The largest absolute Gasteiger partial charge is 0.277 e. The fourth-order valence-electron chi connectivity index (χ4n) is 3.10. The maximum atomic E-state index is 14.4. The Labute approximate surface area is 176 Å². The average Bonchev–Trinajstić information content (AvgIpc) is 2.70. The summed E-state index contributed by atoms with van der Waals surface area (Å²) in [6.07, 6.45) is 0. The molecule has 0 saturated carbocycles. The van der Waals surface area contributed by atoms with Crippen LogP contribution < -0.4 is 10.3 Å². The zero-order valence-electron chi connectivity index (χ0n) is 15.6. The number of rotatable bonds is 4. The van der Waals surface area contributed by atoms with E-state index in [1.54, 1.807) is 31.2 Å². The molecular weight excluding hydrogens is 429 g/mol. The number of aromatic nitrogens is 2. The molecule has 0 amide bonds. The van der Waals surface area contributed by atoms with Crippen LogP contribution in [0, 0.1) is 12.7 Å². The standard InChI is InChI=1S/C21H15ClFN3O3S/c1-13-24-19-5-3-2-4-17(19)21(27)26(13)15-8-11-18(23)20(12-15)25-30(28,29)16-9-6-14(22)7-10-16/h2-12,25H,1H3. The van der Waals surface area contributed by atoms with E-state index in [1.807, 2.05) is 0 Å². The molecule has 1 heterocycles. The van der Waals surface area contributed by atoms with E-state index in [0.717, 1.165) is 6.07 Å². The van der Waals surface area contributed by atoms with Crippen LogP contribution in [0.4, 0.5) is 10.1 Å². The molecule has 0 radical (unpaired) electrons. The molecule has 0 spiro atoms. The number of halogens is 2. The maximum Gasteiger partial charge on any atom is 0.265 e. The van der Waals surface area contributed by atoms with Gasteiger partial charge in [0.2, 0.25) is 0 Å². The van der Waals surface area contributed by atoms with Crippen molar-refractivity contribution in [2.24, 2.45) is 0 Å². The lowest BCUT2D eigenvalue weighted by Gasteiger charge is -2.14. The monoisotopic (exact) mass is 443 g/mol. The van der Waals surface area contributed by atoms with Crippen molar-refractivity contribution in [1.82, 2.24) is 9.55 Å². The van der Waals surface area contributed by atoms with Crippen LogP contribution in [-0.4, -0.2) is 18.0 Å². The predicted octanol–water partition coefficient (Wildman–Crippen LogP) is 4.29. The number of nitrogens with zero attached hydrogens (tertiary/aromatic N) is 2. The number of anilines is 1. The van der Waals surface area contributed by atoms with Crippen molar-refractivity contribution in [3.8, 4) is 5.69 Å². The Morgan fingerprint density at radius 3 is 2.47 bits per heavy atom. The molecular formula is C21H15ClFN3O3S. The fraction of sp³-hybridized carbons (Fsp3) is 0.0476. The molecule has 30 heavy (non-hydrogen) atoms. The highest BCUT2D eigenvalue weighted by molar-refractivity contribution is 7.92. The van der Waals surface area contributed by atoms with Gasteiger partial charge in [-0.05, 0) is 61.5 Å². The molecule has 9 heteroatoms. The van der Waals surface area contributed by atoms with E-state index >= 15 is 0 Å². The highest BCUT2D eigenvalue weighted by atomic mass is 35.5. The molecule has 1 aromatic heterocycles. The van der Waals surface area contributed by atoms with Gasteiger partial charge in [0.15, 0.2) is 0 Å². The zero-order valence-corrected chi connectivity index (χ0v) is 17.2. The van der Waals surface area contributed by atoms with Gasteiger partial charge in [0.1, 0.15) is 11.6 Å². The molecule has 0 aliphatic heterocycles. The molecule has 0 aliphatic carbocycles. The normalized spacial score (nSPS) is 11.6. The predicted molar refractivity (Wildman–Crippen MR) is 114 cm³/mol. The van der Waals surface area contributed by atoms with E-state index in [-0.39, 0.29) is 21.8 Å². The lowest BCUT2D eigenvalue weighted by molar-refractivity contribution is 0.598. The van der Waals surface area contributed by atoms with Crippen LogP contribution in [0.25, 0.3) is 16.6 Å². The average molecular weight is 444 g/mol. The number of aryl methyl sites for hydroxylation is 1. The molecule has 0 fully saturated rings. The highest BCUT2D eigenvalue weighted by Gasteiger charge is 2.18. The van der Waals surface area contributed by atoms with Gasteiger partial charge < -0.3 is 0 Å². The number of nitrogens with one attached hydrogen (secondary N) is 1. The Morgan fingerprint density at radius 1 is 1.03 bits per heavy atom. The number of para-hydroxylation sites is 1. The number of benzene rings is 3. The lowest BCUT2D eigenvalue weighted by Crippen LogP contribution is -2.22. The van der Waals surface area contributed by atoms with Crippen LogP contribution in [0.15, 0.2) is 76.4 Å². The summed E-state index contributed by atoms with van der Waals surface area (Å²) in [6, 6.07) is 16.1. The van der Waals surface area contributed by atoms with Crippen molar-refractivity contribution in [2.75, 3.05) is 4.72 Å². The molecule has 4 rings (SSSR count). The second-order valence-electron chi connectivity index (χ2n) is 6.54. The van der Waals surface area contributed by atoms with Crippen LogP contribution in [0.5, 0.6) is 0 Å². The Balaban J connectivity index is 1.81. The summed E-state index contributed by atoms with van der Waals surface area (Å²) in [5, 5.41) is 0.775. The third-order valence-corrected chi connectivity index (χ3v) is 6.15. The van der Waals surface area contributed by atoms with Gasteiger partial charge in [0.25, 0.3) is 15.6 Å². The minimum atomic E-state index is -4.06. The molecule has 3 aromatic carbocycles. The van der Waals surface area contributed by atoms with Gasteiger partial charge in [-0.1, -0.05) is 23.7 Å². The summed E-state index contributed by atoms with van der Waals surface area (Å²) in [6.45, 7) is 1.65. The van der Waals surface area contributed by atoms with Crippen molar-refractivity contribution in [3.05, 3.63) is 93.7 Å². The van der Waals surface area contributed by atoms with Crippen LogP contribution in [0.3, 0.4) is 0 Å². The minimum absolute atomic E-state index is 0.0718. The first kappa shape index (κ1) is 20.1. The van der Waals surface area contributed by atoms with Crippen LogP contribution in [0.2, 0.25) is 5.02 Å². The molecule has 0 unspecified atom stereocenters. The van der Waals surface area contributed by atoms with Crippen LogP contribution in [0.1, 0.15) is 5.82 Å². The summed E-state index contributed by atoms with van der Waals surface area (Å²) in [7, 11) is -4.06. The Morgan fingerprint density at radius 2 is 1.73 bits per heavy atom. The van der Waals surface area contributed by atoms with E-state index in [0.29, 0.717) is 21.7 Å².